The zero-order valence-electron chi connectivity index (χ0n) is 10.1. The number of fused-ring (bicyclic) bond motifs is 1. The van der Waals surface area contributed by atoms with Gasteiger partial charge in [-0.05, 0) is 29.7 Å². The van der Waals surface area contributed by atoms with E-state index in [1.54, 1.807) is 19.2 Å². The summed E-state index contributed by atoms with van der Waals surface area (Å²) in [5.74, 6) is 7.25. The molecule has 0 saturated carbocycles. The van der Waals surface area contributed by atoms with Crippen LogP contribution in [-0.2, 0) is 6.42 Å². The Morgan fingerprint density at radius 1 is 1.35 bits per heavy atom. The van der Waals surface area contributed by atoms with Crippen molar-refractivity contribution in [1.29, 1.82) is 0 Å². The first-order valence-corrected chi connectivity index (χ1v) is 5.58. The number of methoxy groups -OCH3 is 2. The second-order valence-electron chi connectivity index (χ2n) is 4.09. The number of hydrogen-bond acceptors (Lipinski definition) is 5. The van der Waals surface area contributed by atoms with Crippen LogP contribution in [0.25, 0.3) is 0 Å². The third kappa shape index (κ3) is 2.09. The maximum Gasteiger partial charge on any atom is 0.161 e. The second-order valence-corrected chi connectivity index (χ2v) is 4.09. The molecular weight excluding hydrogens is 220 g/mol. The van der Waals surface area contributed by atoms with Crippen LogP contribution < -0.4 is 15.3 Å². The molecule has 2 rings (SSSR count). The van der Waals surface area contributed by atoms with Crippen LogP contribution >= 0.6 is 0 Å². The van der Waals surface area contributed by atoms with E-state index < -0.39 is 0 Å². The SMILES string of the molecule is COc1cc2c(cc1OC)C(CO)N(N)CC2. The molecule has 1 unspecified atom stereocenters. The first-order valence-electron chi connectivity index (χ1n) is 5.58. The lowest BCUT2D eigenvalue weighted by atomic mass is 9.93. The topological polar surface area (TPSA) is 68.0 Å². The van der Waals surface area contributed by atoms with Gasteiger partial charge in [0.05, 0.1) is 26.9 Å². The lowest BCUT2D eigenvalue weighted by molar-refractivity contribution is 0.115. The molecular formula is C12H18N2O3. The van der Waals surface area contributed by atoms with Crippen molar-refractivity contribution in [3.63, 3.8) is 0 Å². The smallest absolute Gasteiger partial charge is 0.161 e. The summed E-state index contributed by atoms with van der Waals surface area (Å²) < 4.78 is 10.5. The van der Waals surface area contributed by atoms with Gasteiger partial charge in [0.2, 0.25) is 0 Å². The van der Waals surface area contributed by atoms with Crippen LogP contribution in [0.3, 0.4) is 0 Å². The summed E-state index contributed by atoms with van der Waals surface area (Å²) in [5, 5.41) is 11.1. The number of aliphatic hydroxyl groups is 1. The third-order valence-electron chi connectivity index (χ3n) is 3.22. The summed E-state index contributed by atoms with van der Waals surface area (Å²) >= 11 is 0. The summed E-state index contributed by atoms with van der Waals surface area (Å²) in [6.07, 6.45) is 0.850. The Balaban J connectivity index is 2.48. The molecule has 1 atom stereocenters. The third-order valence-corrected chi connectivity index (χ3v) is 3.22. The zero-order chi connectivity index (χ0) is 12.4. The van der Waals surface area contributed by atoms with Crippen molar-refractivity contribution < 1.29 is 14.6 Å². The molecule has 0 aliphatic carbocycles. The normalized spacial score (nSPS) is 19.9. The van der Waals surface area contributed by atoms with E-state index in [0.29, 0.717) is 11.5 Å². The quantitative estimate of drug-likeness (QED) is 0.749. The number of nitrogens with zero attached hydrogens (tertiary/aromatic N) is 1. The van der Waals surface area contributed by atoms with Crippen molar-refractivity contribution in [2.24, 2.45) is 5.84 Å². The molecule has 1 aromatic carbocycles. The molecule has 0 amide bonds. The van der Waals surface area contributed by atoms with Gasteiger partial charge in [-0.25, -0.2) is 5.01 Å². The van der Waals surface area contributed by atoms with Crippen LogP contribution in [0.15, 0.2) is 12.1 Å². The molecule has 1 aliphatic rings. The van der Waals surface area contributed by atoms with Gasteiger partial charge in [0.15, 0.2) is 11.5 Å². The fourth-order valence-electron chi connectivity index (χ4n) is 2.25. The average Bonchev–Trinajstić information content (AvgIpc) is 2.37. The van der Waals surface area contributed by atoms with E-state index in [4.69, 9.17) is 15.3 Å². The molecule has 1 aliphatic heterocycles. The number of nitrogens with two attached hydrogens (primary N) is 1. The largest absolute Gasteiger partial charge is 0.493 e. The summed E-state index contributed by atoms with van der Waals surface area (Å²) in [6, 6.07) is 3.69. The molecule has 94 valence electrons. The minimum atomic E-state index is -0.168. The van der Waals surface area contributed by atoms with E-state index in [0.717, 1.165) is 24.1 Å². The van der Waals surface area contributed by atoms with Crippen molar-refractivity contribution in [1.82, 2.24) is 5.01 Å². The molecule has 0 spiro atoms. The fourth-order valence-corrected chi connectivity index (χ4v) is 2.25. The number of hydrazine groups is 1. The number of benzene rings is 1. The van der Waals surface area contributed by atoms with Crippen LogP contribution in [0.4, 0.5) is 0 Å². The fraction of sp³-hybridized carbons (Fsp3) is 0.500. The highest BCUT2D eigenvalue weighted by Gasteiger charge is 2.26. The molecule has 0 fully saturated rings. The Morgan fingerprint density at radius 2 is 2.00 bits per heavy atom. The highest BCUT2D eigenvalue weighted by Crippen LogP contribution is 2.36. The van der Waals surface area contributed by atoms with Gasteiger partial charge in [0, 0.05) is 6.54 Å². The average molecular weight is 238 g/mol. The predicted molar refractivity (Wildman–Crippen MR) is 64.0 cm³/mol. The molecule has 3 N–H and O–H groups in total. The highest BCUT2D eigenvalue weighted by molar-refractivity contribution is 5.49. The van der Waals surface area contributed by atoms with E-state index in [9.17, 15) is 5.11 Å². The predicted octanol–water partition coefficient (Wildman–Crippen LogP) is 0.469. The molecule has 1 aromatic rings. The highest BCUT2D eigenvalue weighted by atomic mass is 16.5. The molecule has 0 radical (unpaired) electrons. The molecule has 17 heavy (non-hydrogen) atoms. The van der Waals surface area contributed by atoms with Crippen molar-refractivity contribution in [2.45, 2.75) is 12.5 Å². The van der Waals surface area contributed by atoms with Crippen LogP contribution in [0.1, 0.15) is 17.2 Å². The minimum absolute atomic E-state index is 0.00101. The Labute approximate surface area is 101 Å². The van der Waals surface area contributed by atoms with E-state index >= 15 is 0 Å². The number of ether oxygens (including phenoxy) is 2. The summed E-state index contributed by atoms with van der Waals surface area (Å²) in [5.41, 5.74) is 2.17. The zero-order valence-corrected chi connectivity index (χ0v) is 10.1. The van der Waals surface area contributed by atoms with Crippen molar-refractivity contribution >= 4 is 0 Å². The number of aliphatic hydroxyl groups excluding tert-OH is 1. The maximum atomic E-state index is 9.40. The van der Waals surface area contributed by atoms with Crippen LogP contribution in [0.2, 0.25) is 0 Å². The van der Waals surface area contributed by atoms with Crippen LogP contribution in [0, 0.1) is 0 Å². The van der Waals surface area contributed by atoms with Gasteiger partial charge >= 0.3 is 0 Å². The molecule has 0 saturated heterocycles. The van der Waals surface area contributed by atoms with E-state index in [-0.39, 0.29) is 12.6 Å². The molecule has 5 heteroatoms. The maximum absolute atomic E-state index is 9.40. The molecule has 0 bridgehead atoms. The number of hydrogen-bond donors (Lipinski definition) is 2. The molecule has 1 heterocycles. The Kier molecular flexibility index (Phi) is 3.51. The Hall–Kier alpha value is -1.30. The van der Waals surface area contributed by atoms with Gasteiger partial charge < -0.3 is 14.6 Å². The molecule has 0 aromatic heterocycles. The van der Waals surface area contributed by atoms with Crippen molar-refractivity contribution in [3.05, 3.63) is 23.3 Å². The van der Waals surface area contributed by atoms with Gasteiger partial charge in [-0.3, -0.25) is 5.84 Å². The van der Waals surface area contributed by atoms with Crippen molar-refractivity contribution in [2.75, 3.05) is 27.4 Å². The monoisotopic (exact) mass is 238 g/mol. The standard InChI is InChI=1S/C12H18N2O3/c1-16-11-5-8-3-4-14(13)10(7-15)9(8)6-12(11)17-2/h5-6,10,15H,3-4,7,13H2,1-2H3. The Bertz CT molecular complexity index is 409. The van der Waals surface area contributed by atoms with Gasteiger partial charge in [0.1, 0.15) is 0 Å². The van der Waals surface area contributed by atoms with E-state index in [1.807, 2.05) is 12.1 Å². The first kappa shape index (κ1) is 12.2. The van der Waals surface area contributed by atoms with E-state index in [1.165, 1.54) is 0 Å². The van der Waals surface area contributed by atoms with Gasteiger partial charge in [0.25, 0.3) is 0 Å². The van der Waals surface area contributed by atoms with Crippen LogP contribution in [0.5, 0.6) is 11.5 Å². The summed E-state index contributed by atoms with van der Waals surface area (Å²) in [7, 11) is 3.22. The van der Waals surface area contributed by atoms with Gasteiger partial charge in [-0.2, -0.15) is 0 Å². The summed E-state index contributed by atoms with van der Waals surface area (Å²) in [4.78, 5) is 0. The van der Waals surface area contributed by atoms with Crippen molar-refractivity contribution in [3.8, 4) is 11.5 Å². The van der Waals surface area contributed by atoms with Crippen LogP contribution in [-0.4, -0.2) is 37.5 Å². The summed E-state index contributed by atoms with van der Waals surface area (Å²) in [6.45, 7) is 0.729. The lowest BCUT2D eigenvalue weighted by Gasteiger charge is -2.33. The second kappa shape index (κ2) is 4.91. The number of rotatable bonds is 3. The van der Waals surface area contributed by atoms with Gasteiger partial charge in [-0.15, -0.1) is 0 Å². The lowest BCUT2D eigenvalue weighted by Crippen LogP contribution is -2.42. The first-order chi connectivity index (χ1) is 8.21. The molecule has 5 nitrogen and oxygen atoms in total. The van der Waals surface area contributed by atoms with Gasteiger partial charge in [-0.1, -0.05) is 0 Å². The van der Waals surface area contributed by atoms with E-state index in [2.05, 4.69) is 0 Å². The Morgan fingerprint density at radius 3 is 2.59 bits per heavy atom. The minimum Gasteiger partial charge on any atom is -0.493 e.